The average molecular weight is 341 g/mol. The quantitative estimate of drug-likeness (QED) is 0.377. The Bertz CT molecular complexity index is 372. The van der Waals surface area contributed by atoms with Gasteiger partial charge in [0, 0.05) is 0 Å². The number of ether oxygens (including phenoxy) is 1. The van der Waals surface area contributed by atoms with Gasteiger partial charge >= 0.3 is 11.9 Å². The molecule has 1 aliphatic carbocycles. The monoisotopic (exact) mass is 340 g/mol. The molecule has 1 unspecified atom stereocenters. The number of esters is 1. The van der Waals surface area contributed by atoms with Crippen LogP contribution in [-0.4, -0.2) is 22.6 Å². The van der Waals surface area contributed by atoms with E-state index in [2.05, 4.69) is 6.92 Å². The number of aliphatic carboxylic acids is 1. The Morgan fingerprint density at radius 3 is 2.25 bits per heavy atom. The fourth-order valence-electron chi connectivity index (χ4n) is 3.72. The highest BCUT2D eigenvalue weighted by atomic mass is 16.6. The molecule has 140 valence electrons. The molecule has 0 spiro atoms. The Morgan fingerprint density at radius 2 is 1.67 bits per heavy atom. The molecule has 0 aromatic carbocycles. The number of carbonyl (C=O) groups excluding carboxylic acids is 1. The molecular weight excluding hydrogens is 304 g/mol. The van der Waals surface area contributed by atoms with Crippen molar-refractivity contribution in [3.63, 3.8) is 0 Å². The second kappa shape index (κ2) is 11.5. The molecule has 24 heavy (non-hydrogen) atoms. The summed E-state index contributed by atoms with van der Waals surface area (Å²) in [5.74, 6) is -1.78. The predicted molar refractivity (Wildman–Crippen MR) is 95.9 cm³/mol. The van der Waals surface area contributed by atoms with E-state index in [1.807, 2.05) is 6.92 Å². The second-order valence-corrected chi connectivity index (χ2v) is 7.41. The summed E-state index contributed by atoms with van der Waals surface area (Å²) < 4.78 is 5.92. The number of carboxylic acid groups (broad SMARTS) is 1. The lowest BCUT2D eigenvalue weighted by atomic mass is 9.80. The van der Waals surface area contributed by atoms with E-state index in [-0.39, 0.29) is 18.0 Å². The van der Waals surface area contributed by atoms with Crippen molar-refractivity contribution in [2.45, 2.75) is 109 Å². The van der Waals surface area contributed by atoms with E-state index in [9.17, 15) is 14.7 Å². The van der Waals surface area contributed by atoms with Crippen LogP contribution in [0.4, 0.5) is 0 Å². The summed E-state index contributed by atoms with van der Waals surface area (Å²) in [6.45, 7) is 4.23. The second-order valence-electron chi connectivity index (χ2n) is 7.41. The lowest BCUT2D eigenvalue weighted by molar-refractivity contribution is -0.168. The number of hydrogen-bond acceptors (Lipinski definition) is 3. The smallest absolute Gasteiger partial charge is 0.307 e. The van der Waals surface area contributed by atoms with Crippen LogP contribution in [0, 0.1) is 5.92 Å². The minimum Gasteiger partial charge on any atom is -0.481 e. The van der Waals surface area contributed by atoms with E-state index in [0.717, 1.165) is 51.4 Å². The molecule has 1 saturated carbocycles. The molecule has 0 aliphatic heterocycles. The average Bonchev–Trinajstić information content (AvgIpc) is 2.56. The fourth-order valence-corrected chi connectivity index (χ4v) is 3.72. The van der Waals surface area contributed by atoms with Gasteiger partial charge in [0.15, 0.2) is 0 Å². The zero-order valence-corrected chi connectivity index (χ0v) is 15.6. The normalized spacial score (nSPS) is 18.1. The highest BCUT2D eigenvalue weighted by molar-refractivity contribution is 5.79. The van der Waals surface area contributed by atoms with E-state index in [0.29, 0.717) is 6.42 Å². The molecule has 1 rings (SSSR count). The van der Waals surface area contributed by atoms with Crippen LogP contribution in [-0.2, 0) is 14.3 Å². The molecule has 4 heteroatoms. The van der Waals surface area contributed by atoms with Gasteiger partial charge in [-0.05, 0) is 44.9 Å². The van der Waals surface area contributed by atoms with Gasteiger partial charge in [0.25, 0.3) is 0 Å². The number of hydrogen-bond donors (Lipinski definition) is 1. The van der Waals surface area contributed by atoms with Crippen molar-refractivity contribution < 1.29 is 19.4 Å². The summed E-state index contributed by atoms with van der Waals surface area (Å²) in [4.78, 5) is 23.7. The maximum Gasteiger partial charge on any atom is 0.307 e. The van der Waals surface area contributed by atoms with Crippen molar-refractivity contribution in [3.05, 3.63) is 0 Å². The molecule has 1 N–H and O–H groups in total. The lowest BCUT2D eigenvalue weighted by Gasteiger charge is -2.37. The Labute approximate surface area is 147 Å². The van der Waals surface area contributed by atoms with Crippen molar-refractivity contribution in [2.75, 3.05) is 0 Å². The zero-order valence-electron chi connectivity index (χ0n) is 15.6. The Kier molecular flexibility index (Phi) is 10.0. The van der Waals surface area contributed by atoms with Gasteiger partial charge in [0.2, 0.25) is 0 Å². The predicted octanol–water partition coefficient (Wildman–Crippen LogP) is 5.48. The highest BCUT2D eigenvalue weighted by Gasteiger charge is 2.36. The van der Waals surface area contributed by atoms with Crippen molar-refractivity contribution in [3.8, 4) is 0 Å². The summed E-state index contributed by atoms with van der Waals surface area (Å²) in [5.41, 5.74) is -0.323. The van der Waals surface area contributed by atoms with Crippen LogP contribution in [0.15, 0.2) is 0 Å². The Morgan fingerprint density at radius 1 is 1.00 bits per heavy atom. The third-order valence-electron chi connectivity index (χ3n) is 5.25. The van der Waals surface area contributed by atoms with E-state index in [1.165, 1.54) is 25.7 Å². The SMILES string of the molecule is CCCCCCC1(OC(=O)CC(CCCC)C(=O)O)CCCCC1. The molecule has 0 aromatic heterocycles. The van der Waals surface area contributed by atoms with Crippen LogP contribution in [0.3, 0.4) is 0 Å². The molecule has 4 nitrogen and oxygen atoms in total. The van der Waals surface area contributed by atoms with E-state index in [1.54, 1.807) is 0 Å². The number of carbonyl (C=O) groups is 2. The molecule has 1 aliphatic rings. The van der Waals surface area contributed by atoms with E-state index in [4.69, 9.17) is 4.74 Å². The summed E-state index contributed by atoms with van der Waals surface area (Å²) >= 11 is 0. The summed E-state index contributed by atoms with van der Waals surface area (Å²) in [5, 5.41) is 9.31. The first-order chi connectivity index (χ1) is 11.5. The van der Waals surface area contributed by atoms with Crippen LogP contribution in [0.1, 0.15) is 104 Å². The molecule has 0 saturated heterocycles. The molecule has 0 amide bonds. The van der Waals surface area contributed by atoms with Gasteiger partial charge in [-0.2, -0.15) is 0 Å². The molecule has 1 fully saturated rings. The van der Waals surface area contributed by atoms with E-state index < -0.39 is 11.9 Å². The Balaban J connectivity index is 2.57. The van der Waals surface area contributed by atoms with Crippen LogP contribution < -0.4 is 0 Å². The topological polar surface area (TPSA) is 63.6 Å². The van der Waals surface area contributed by atoms with E-state index >= 15 is 0 Å². The van der Waals surface area contributed by atoms with Gasteiger partial charge in [-0.1, -0.05) is 52.4 Å². The molecular formula is C20H36O4. The van der Waals surface area contributed by atoms with Gasteiger partial charge in [-0.3, -0.25) is 9.59 Å². The largest absolute Gasteiger partial charge is 0.481 e. The molecule has 0 radical (unpaired) electrons. The number of unbranched alkanes of at least 4 members (excludes halogenated alkanes) is 4. The zero-order chi connectivity index (χ0) is 17.8. The van der Waals surface area contributed by atoms with Crippen molar-refractivity contribution >= 4 is 11.9 Å². The third kappa shape index (κ3) is 7.67. The van der Waals surface area contributed by atoms with Crippen LogP contribution in [0.25, 0.3) is 0 Å². The van der Waals surface area contributed by atoms with Gasteiger partial charge < -0.3 is 9.84 Å². The maximum absolute atomic E-state index is 12.4. The van der Waals surface area contributed by atoms with Crippen LogP contribution in [0.2, 0.25) is 0 Å². The molecule has 0 bridgehead atoms. The maximum atomic E-state index is 12.4. The first-order valence-electron chi connectivity index (χ1n) is 9.97. The fraction of sp³-hybridized carbons (Fsp3) is 0.900. The van der Waals surface area contributed by atoms with Crippen molar-refractivity contribution in [1.82, 2.24) is 0 Å². The molecule has 0 aromatic rings. The van der Waals surface area contributed by atoms with Gasteiger partial charge in [-0.25, -0.2) is 0 Å². The van der Waals surface area contributed by atoms with Crippen molar-refractivity contribution in [1.29, 1.82) is 0 Å². The standard InChI is InChI=1S/C20H36O4/c1-3-5-7-9-13-20(14-10-8-11-15-20)24-18(21)16-17(19(22)23)12-6-4-2/h17H,3-16H2,1-2H3,(H,22,23). The van der Waals surface area contributed by atoms with Gasteiger partial charge in [0.05, 0.1) is 12.3 Å². The first kappa shape index (κ1) is 21.0. The molecule has 0 heterocycles. The number of rotatable bonds is 12. The summed E-state index contributed by atoms with van der Waals surface area (Å²) in [6.07, 6.45) is 13.3. The van der Waals surface area contributed by atoms with Crippen molar-refractivity contribution in [2.24, 2.45) is 5.92 Å². The summed E-state index contributed by atoms with van der Waals surface area (Å²) in [7, 11) is 0. The van der Waals surface area contributed by atoms with Gasteiger partial charge in [0.1, 0.15) is 5.60 Å². The van der Waals surface area contributed by atoms with Crippen LogP contribution >= 0.6 is 0 Å². The lowest BCUT2D eigenvalue weighted by Crippen LogP contribution is -2.38. The first-order valence-corrected chi connectivity index (χ1v) is 9.97. The minimum absolute atomic E-state index is 0.0199. The molecule has 1 atom stereocenters. The highest BCUT2D eigenvalue weighted by Crippen LogP contribution is 2.37. The van der Waals surface area contributed by atoms with Crippen LogP contribution in [0.5, 0.6) is 0 Å². The number of carboxylic acids is 1. The third-order valence-corrected chi connectivity index (χ3v) is 5.25. The summed E-state index contributed by atoms with van der Waals surface area (Å²) in [6, 6.07) is 0. The Hall–Kier alpha value is -1.06. The minimum atomic E-state index is -0.874. The van der Waals surface area contributed by atoms with Gasteiger partial charge in [-0.15, -0.1) is 0 Å².